The van der Waals surface area contributed by atoms with E-state index in [0.717, 1.165) is 25.2 Å². The van der Waals surface area contributed by atoms with Crippen molar-refractivity contribution in [3.63, 3.8) is 0 Å². The summed E-state index contributed by atoms with van der Waals surface area (Å²) < 4.78 is 1.87. The van der Waals surface area contributed by atoms with Gasteiger partial charge in [0.05, 0.1) is 5.69 Å². The zero-order valence-electron chi connectivity index (χ0n) is 12.1. The zero-order valence-corrected chi connectivity index (χ0v) is 12.1. The fourth-order valence-corrected chi connectivity index (χ4v) is 2.37. The molecule has 19 heavy (non-hydrogen) atoms. The van der Waals surface area contributed by atoms with Crippen LogP contribution in [0.5, 0.6) is 0 Å². The number of nitrogens with one attached hydrogen (secondary N) is 1. The molecule has 1 aromatic carbocycles. The van der Waals surface area contributed by atoms with Gasteiger partial charge in [-0.25, -0.2) is 0 Å². The molecule has 0 bridgehead atoms. The SMILES string of the molecule is CCNCC(Cc1ccn(C)n1)c1cccc(C)c1. The first-order valence-corrected chi connectivity index (χ1v) is 6.95. The first-order chi connectivity index (χ1) is 9.19. The van der Waals surface area contributed by atoms with Gasteiger partial charge in [-0.2, -0.15) is 5.10 Å². The Labute approximate surface area is 115 Å². The zero-order chi connectivity index (χ0) is 13.7. The van der Waals surface area contributed by atoms with Crippen LogP contribution >= 0.6 is 0 Å². The van der Waals surface area contributed by atoms with E-state index in [1.165, 1.54) is 11.1 Å². The predicted octanol–water partition coefficient (Wildman–Crippen LogP) is 2.66. The predicted molar refractivity (Wildman–Crippen MR) is 79.4 cm³/mol. The summed E-state index contributed by atoms with van der Waals surface area (Å²) in [4.78, 5) is 0. The Hall–Kier alpha value is -1.61. The van der Waals surface area contributed by atoms with Crippen molar-refractivity contribution < 1.29 is 0 Å². The Bertz CT molecular complexity index is 516. The largest absolute Gasteiger partial charge is 0.316 e. The molecule has 1 heterocycles. The van der Waals surface area contributed by atoms with Gasteiger partial charge in [-0.3, -0.25) is 4.68 Å². The van der Waals surface area contributed by atoms with Crippen LogP contribution in [0, 0.1) is 6.92 Å². The van der Waals surface area contributed by atoms with E-state index in [4.69, 9.17) is 0 Å². The van der Waals surface area contributed by atoms with E-state index in [1.807, 2.05) is 17.9 Å². The molecule has 0 radical (unpaired) electrons. The van der Waals surface area contributed by atoms with Crippen LogP contribution in [0.1, 0.15) is 29.7 Å². The Kier molecular flexibility index (Phi) is 4.74. The summed E-state index contributed by atoms with van der Waals surface area (Å²) in [7, 11) is 1.97. The highest BCUT2D eigenvalue weighted by atomic mass is 15.2. The van der Waals surface area contributed by atoms with E-state index < -0.39 is 0 Å². The summed E-state index contributed by atoms with van der Waals surface area (Å²) in [5.74, 6) is 0.481. The summed E-state index contributed by atoms with van der Waals surface area (Å²) in [6.07, 6.45) is 2.99. The molecule has 0 fully saturated rings. The molecule has 1 N–H and O–H groups in total. The summed E-state index contributed by atoms with van der Waals surface area (Å²) in [5.41, 5.74) is 3.87. The van der Waals surface area contributed by atoms with Crippen LogP contribution in [0.2, 0.25) is 0 Å². The maximum absolute atomic E-state index is 4.50. The van der Waals surface area contributed by atoms with Gasteiger partial charge in [0.25, 0.3) is 0 Å². The van der Waals surface area contributed by atoms with Crippen molar-refractivity contribution in [2.75, 3.05) is 13.1 Å². The molecule has 0 aliphatic heterocycles. The number of aromatic nitrogens is 2. The molecule has 0 saturated carbocycles. The quantitative estimate of drug-likeness (QED) is 0.862. The third kappa shape index (κ3) is 3.93. The van der Waals surface area contributed by atoms with Crippen LogP contribution in [-0.2, 0) is 13.5 Å². The first-order valence-electron chi connectivity index (χ1n) is 6.95. The molecule has 1 aromatic heterocycles. The van der Waals surface area contributed by atoms with E-state index in [2.05, 4.69) is 54.6 Å². The van der Waals surface area contributed by atoms with Crippen LogP contribution in [0.15, 0.2) is 36.5 Å². The van der Waals surface area contributed by atoms with Crippen molar-refractivity contribution in [3.8, 4) is 0 Å². The molecule has 0 aliphatic carbocycles. The van der Waals surface area contributed by atoms with Crippen molar-refractivity contribution in [1.29, 1.82) is 0 Å². The van der Waals surface area contributed by atoms with Crippen molar-refractivity contribution in [3.05, 3.63) is 53.3 Å². The average Bonchev–Trinajstić information content (AvgIpc) is 2.80. The Morgan fingerprint density at radius 2 is 2.16 bits per heavy atom. The van der Waals surface area contributed by atoms with Gasteiger partial charge in [0.2, 0.25) is 0 Å². The van der Waals surface area contributed by atoms with Gasteiger partial charge < -0.3 is 5.32 Å². The smallest absolute Gasteiger partial charge is 0.0631 e. The Morgan fingerprint density at radius 3 is 2.79 bits per heavy atom. The second kappa shape index (κ2) is 6.53. The fourth-order valence-electron chi connectivity index (χ4n) is 2.37. The van der Waals surface area contributed by atoms with Gasteiger partial charge >= 0.3 is 0 Å². The number of nitrogens with zero attached hydrogens (tertiary/aromatic N) is 2. The van der Waals surface area contributed by atoms with Crippen LogP contribution in [-0.4, -0.2) is 22.9 Å². The van der Waals surface area contributed by atoms with Gasteiger partial charge in [-0.1, -0.05) is 36.8 Å². The summed E-state index contributed by atoms with van der Waals surface area (Å²) in [6, 6.07) is 10.9. The molecule has 1 atom stereocenters. The lowest BCUT2D eigenvalue weighted by Gasteiger charge is -2.17. The molecule has 0 amide bonds. The number of benzene rings is 1. The molecule has 3 nitrogen and oxygen atoms in total. The van der Waals surface area contributed by atoms with Crippen molar-refractivity contribution >= 4 is 0 Å². The highest BCUT2D eigenvalue weighted by Crippen LogP contribution is 2.20. The summed E-state index contributed by atoms with van der Waals surface area (Å²) in [5, 5.41) is 7.95. The van der Waals surface area contributed by atoms with Gasteiger partial charge in [0.1, 0.15) is 0 Å². The van der Waals surface area contributed by atoms with Gasteiger partial charge in [-0.05, 0) is 31.5 Å². The van der Waals surface area contributed by atoms with E-state index in [1.54, 1.807) is 0 Å². The molecular formula is C16H23N3. The molecule has 1 unspecified atom stereocenters. The number of likely N-dealkylation sites (N-methyl/N-ethyl adjacent to an activating group) is 1. The Balaban J connectivity index is 2.15. The Morgan fingerprint density at radius 1 is 1.32 bits per heavy atom. The minimum absolute atomic E-state index is 0.481. The third-order valence-electron chi connectivity index (χ3n) is 3.38. The summed E-state index contributed by atoms with van der Waals surface area (Å²) >= 11 is 0. The molecule has 2 rings (SSSR count). The standard InChI is InChI=1S/C16H23N3/c1-4-17-12-15(11-16-8-9-19(3)18-16)14-7-5-6-13(2)10-14/h5-10,15,17H,4,11-12H2,1-3H3. The highest BCUT2D eigenvalue weighted by molar-refractivity contribution is 5.27. The average molecular weight is 257 g/mol. The topological polar surface area (TPSA) is 29.9 Å². The first kappa shape index (κ1) is 13.8. The number of hydrogen-bond donors (Lipinski definition) is 1. The number of hydrogen-bond acceptors (Lipinski definition) is 2. The lowest BCUT2D eigenvalue weighted by molar-refractivity contribution is 0.583. The maximum atomic E-state index is 4.50. The fraction of sp³-hybridized carbons (Fsp3) is 0.438. The molecule has 0 saturated heterocycles. The lowest BCUT2D eigenvalue weighted by atomic mass is 9.93. The van der Waals surface area contributed by atoms with E-state index in [-0.39, 0.29) is 0 Å². The van der Waals surface area contributed by atoms with Gasteiger partial charge in [0.15, 0.2) is 0 Å². The molecular weight excluding hydrogens is 234 g/mol. The maximum Gasteiger partial charge on any atom is 0.0631 e. The third-order valence-corrected chi connectivity index (χ3v) is 3.38. The van der Waals surface area contributed by atoms with E-state index in [0.29, 0.717) is 5.92 Å². The van der Waals surface area contributed by atoms with Crippen molar-refractivity contribution in [2.24, 2.45) is 7.05 Å². The van der Waals surface area contributed by atoms with Crippen LogP contribution < -0.4 is 5.32 Å². The second-order valence-electron chi connectivity index (χ2n) is 5.10. The van der Waals surface area contributed by atoms with Crippen molar-refractivity contribution in [1.82, 2.24) is 15.1 Å². The molecule has 0 aliphatic rings. The van der Waals surface area contributed by atoms with Crippen LogP contribution in [0.25, 0.3) is 0 Å². The van der Waals surface area contributed by atoms with Crippen LogP contribution in [0.3, 0.4) is 0 Å². The minimum Gasteiger partial charge on any atom is -0.316 e. The number of rotatable bonds is 6. The highest BCUT2D eigenvalue weighted by Gasteiger charge is 2.13. The summed E-state index contributed by atoms with van der Waals surface area (Å²) in [6.45, 7) is 6.30. The molecule has 102 valence electrons. The minimum atomic E-state index is 0.481. The molecule has 3 heteroatoms. The number of aryl methyl sites for hydroxylation is 2. The second-order valence-corrected chi connectivity index (χ2v) is 5.10. The molecule has 0 spiro atoms. The van der Waals surface area contributed by atoms with E-state index in [9.17, 15) is 0 Å². The van der Waals surface area contributed by atoms with Gasteiger partial charge in [0, 0.05) is 25.7 Å². The lowest BCUT2D eigenvalue weighted by Crippen LogP contribution is -2.23. The normalized spacial score (nSPS) is 12.6. The van der Waals surface area contributed by atoms with E-state index >= 15 is 0 Å². The van der Waals surface area contributed by atoms with Crippen LogP contribution in [0.4, 0.5) is 0 Å². The van der Waals surface area contributed by atoms with Gasteiger partial charge in [-0.15, -0.1) is 0 Å². The molecule has 2 aromatic rings. The monoisotopic (exact) mass is 257 g/mol. The van der Waals surface area contributed by atoms with Crippen molar-refractivity contribution in [2.45, 2.75) is 26.2 Å².